The van der Waals surface area contributed by atoms with Crippen LogP contribution in [0, 0.1) is 13.8 Å². The first kappa shape index (κ1) is 14.6. The van der Waals surface area contributed by atoms with E-state index in [0.717, 1.165) is 23.3 Å². The Morgan fingerprint density at radius 2 is 1.50 bits per heavy atom. The molecule has 2 aromatic carbocycles. The van der Waals surface area contributed by atoms with Crippen LogP contribution in [-0.2, 0) is 6.18 Å². The largest absolute Gasteiger partial charge is 0.416 e. The summed E-state index contributed by atoms with van der Waals surface area (Å²) in [5, 5.41) is 0. The smallest absolute Gasteiger partial charge is 0.320 e. The Morgan fingerprint density at radius 3 is 2.05 bits per heavy atom. The Kier molecular flexibility index (Phi) is 3.86. The molecule has 0 saturated heterocycles. The maximum absolute atomic E-state index is 12.7. The van der Waals surface area contributed by atoms with Crippen LogP contribution in [0.1, 0.15) is 33.9 Å². The van der Waals surface area contributed by atoms with Crippen molar-refractivity contribution in [2.75, 3.05) is 0 Å². The van der Waals surface area contributed by atoms with Crippen molar-refractivity contribution in [2.45, 2.75) is 26.1 Å². The number of aryl methyl sites for hydroxylation is 2. The van der Waals surface area contributed by atoms with Crippen molar-refractivity contribution in [1.82, 2.24) is 0 Å². The van der Waals surface area contributed by atoms with Crippen LogP contribution in [0.2, 0.25) is 0 Å². The molecule has 0 heterocycles. The highest BCUT2D eigenvalue weighted by molar-refractivity contribution is 5.41. The second-order valence-corrected chi connectivity index (χ2v) is 4.90. The minimum Gasteiger partial charge on any atom is -0.320 e. The summed E-state index contributed by atoms with van der Waals surface area (Å²) in [7, 11) is 0. The fourth-order valence-corrected chi connectivity index (χ4v) is 2.30. The molecule has 2 rings (SSSR count). The Balaban J connectivity index is 2.42. The molecule has 0 aliphatic heterocycles. The molecule has 1 unspecified atom stereocenters. The van der Waals surface area contributed by atoms with Crippen LogP contribution in [0.4, 0.5) is 13.2 Å². The van der Waals surface area contributed by atoms with Crippen LogP contribution < -0.4 is 5.73 Å². The van der Waals surface area contributed by atoms with Gasteiger partial charge in [-0.2, -0.15) is 13.2 Å². The van der Waals surface area contributed by atoms with E-state index in [1.807, 2.05) is 31.2 Å². The van der Waals surface area contributed by atoms with Gasteiger partial charge in [0.05, 0.1) is 11.6 Å². The SMILES string of the molecule is Cc1ccccc1C(N)c1ccc(C(F)(F)F)cc1C. The molecule has 0 amide bonds. The Bertz CT molecular complexity index is 617. The third-order valence-corrected chi connectivity index (χ3v) is 3.46. The minimum atomic E-state index is -4.32. The Hall–Kier alpha value is -1.81. The average Bonchev–Trinajstić information content (AvgIpc) is 2.37. The summed E-state index contributed by atoms with van der Waals surface area (Å²) in [6, 6.07) is 10.9. The monoisotopic (exact) mass is 279 g/mol. The normalized spacial score (nSPS) is 13.3. The Morgan fingerprint density at radius 1 is 0.900 bits per heavy atom. The van der Waals surface area contributed by atoms with Gasteiger partial charge in [-0.05, 0) is 48.2 Å². The summed E-state index contributed by atoms with van der Waals surface area (Å²) in [6.45, 7) is 3.59. The molecule has 2 aromatic rings. The molecule has 20 heavy (non-hydrogen) atoms. The van der Waals surface area contributed by atoms with E-state index in [9.17, 15) is 13.2 Å². The predicted molar refractivity (Wildman–Crippen MR) is 73.4 cm³/mol. The van der Waals surface area contributed by atoms with Crippen LogP contribution in [0.25, 0.3) is 0 Å². The molecule has 0 aliphatic carbocycles. The van der Waals surface area contributed by atoms with Crippen LogP contribution in [0.3, 0.4) is 0 Å². The molecule has 0 spiro atoms. The van der Waals surface area contributed by atoms with E-state index in [1.54, 1.807) is 6.92 Å². The summed E-state index contributed by atoms with van der Waals surface area (Å²) in [6.07, 6.45) is -4.32. The van der Waals surface area contributed by atoms with Gasteiger partial charge in [-0.15, -0.1) is 0 Å². The predicted octanol–water partition coefficient (Wildman–Crippen LogP) is 4.37. The highest BCUT2D eigenvalue weighted by Crippen LogP contribution is 2.32. The van der Waals surface area contributed by atoms with E-state index >= 15 is 0 Å². The highest BCUT2D eigenvalue weighted by Gasteiger charge is 2.31. The maximum Gasteiger partial charge on any atom is 0.416 e. The third kappa shape index (κ3) is 2.85. The fourth-order valence-electron chi connectivity index (χ4n) is 2.30. The summed E-state index contributed by atoms with van der Waals surface area (Å²) >= 11 is 0. The van der Waals surface area contributed by atoms with Gasteiger partial charge in [0.15, 0.2) is 0 Å². The lowest BCUT2D eigenvalue weighted by Crippen LogP contribution is -2.15. The molecule has 0 aliphatic rings. The van der Waals surface area contributed by atoms with E-state index in [4.69, 9.17) is 5.73 Å². The lowest BCUT2D eigenvalue weighted by atomic mass is 9.92. The molecule has 0 aromatic heterocycles. The van der Waals surface area contributed by atoms with Gasteiger partial charge < -0.3 is 5.73 Å². The van der Waals surface area contributed by atoms with Crippen LogP contribution in [0.5, 0.6) is 0 Å². The molecule has 0 fully saturated rings. The molecule has 1 nitrogen and oxygen atoms in total. The minimum absolute atomic E-state index is 0.418. The second kappa shape index (κ2) is 5.29. The third-order valence-electron chi connectivity index (χ3n) is 3.46. The van der Waals surface area contributed by atoms with Gasteiger partial charge in [0.25, 0.3) is 0 Å². The highest BCUT2D eigenvalue weighted by atomic mass is 19.4. The van der Waals surface area contributed by atoms with E-state index < -0.39 is 17.8 Å². The van der Waals surface area contributed by atoms with Crippen LogP contribution >= 0.6 is 0 Å². The molecule has 2 N–H and O–H groups in total. The summed E-state index contributed by atoms with van der Waals surface area (Å²) in [5.74, 6) is 0. The maximum atomic E-state index is 12.7. The van der Waals surface area contributed by atoms with E-state index in [-0.39, 0.29) is 0 Å². The first-order valence-electron chi connectivity index (χ1n) is 6.29. The first-order chi connectivity index (χ1) is 9.30. The summed E-state index contributed by atoms with van der Waals surface area (Å²) in [5.41, 5.74) is 8.77. The second-order valence-electron chi connectivity index (χ2n) is 4.90. The fraction of sp³-hybridized carbons (Fsp3) is 0.250. The molecule has 0 saturated carbocycles. The van der Waals surface area contributed by atoms with Crippen molar-refractivity contribution in [3.05, 3.63) is 70.3 Å². The lowest BCUT2D eigenvalue weighted by molar-refractivity contribution is -0.137. The van der Waals surface area contributed by atoms with Gasteiger partial charge in [-0.25, -0.2) is 0 Å². The van der Waals surface area contributed by atoms with Crippen molar-refractivity contribution >= 4 is 0 Å². The zero-order valence-corrected chi connectivity index (χ0v) is 11.3. The van der Waals surface area contributed by atoms with Crippen molar-refractivity contribution in [2.24, 2.45) is 5.73 Å². The number of benzene rings is 2. The van der Waals surface area contributed by atoms with Gasteiger partial charge in [-0.1, -0.05) is 30.3 Å². The first-order valence-corrected chi connectivity index (χ1v) is 6.29. The number of alkyl halides is 3. The number of rotatable bonds is 2. The lowest BCUT2D eigenvalue weighted by Gasteiger charge is -2.18. The van der Waals surface area contributed by atoms with Gasteiger partial charge >= 0.3 is 6.18 Å². The van der Waals surface area contributed by atoms with Crippen molar-refractivity contribution in [3.8, 4) is 0 Å². The summed E-state index contributed by atoms with van der Waals surface area (Å²) in [4.78, 5) is 0. The Labute approximate surface area is 116 Å². The van der Waals surface area contributed by atoms with Crippen LogP contribution in [-0.4, -0.2) is 0 Å². The zero-order chi connectivity index (χ0) is 14.9. The van der Waals surface area contributed by atoms with E-state index in [1.165, 1.54) is 6.07 Å². The molecular formula is C16H16F3N. The number of nitrogens with two attached hydrogens (primary N) is 1. The molecule has 0 radical (unpaired) electrons. The van der Waals surface area contributed by atoms with Gasteiger partial charge in [0.2, 0.25) is 0 Å². The van der Waals surface area contributed by atoms with E-state index in [2.05, 4.69) is 0 Å². The molecule has 1 atom stereocenters. The number of hydrogen-bond donors (Lipinski definition) is 1. The molecular weight excluding hydrogens is 263 g/mol. The molecule has 4 heteroatoms. The van der Waals surface area contributed by atoms with E-state index in [0.29, 0.717) is 11.1 Å². The quantitative estimate of drug-likeness (QED) is 0.868. The van der Waals surface area contributed by atoms with Gasteiger partial charge in [-0.3, -0.25) is 0 Å². The van der Waals surface area contributed by atoms with Crippen molar-refractivity contribution in [1.29, 1.82) is 0 Å². The topological polar surface area (TPSA) is 26.0 Å². The molecule has 0 bridgehead atoms. The summed E-state index contributed by atoms with van der Waals surface area (Å²) < 4.78 is 38.0. The van der Waals surface area contributed by atoms with Crippen molar-refractivity contribution in [3.63, 3.8) is 0 Å². The average molecular weight is 279 g/mol. The van der Waals surface area contributed by atoms with Crippen molar-refractivity contribution < 1.29 is 13.2 Å². The molecule has 106 valence electrons. The number of hydrogen-bond acceptors (Lipinski definition) is 1. The van der Waals surface area contributed by atoms with Gasteiger partial charge in [0, 0.05) is 0 Å². The standard InChI is InChI=1S/C16H16F3N/c1-10-5-3-4-6-13(10)15(20)14-8-7-12(9-11(14)2)16(17,18)19/h3-9,15H,20H2,1-2H3. The zero-order valence-electron chi connectivity index (χ0n) is 11.3. The number of halogens is 3. The van der Waals surface area contributed by atoms with Gasteiger partial charge in [0.1, 0.15) is 0 Å². The van der Waals surface area contributed by atoms with Crippen LogP contribution in [0.15, 0.2) is 42.5 Å².